The van der Waals surface area contributed by atoms with E-state index in [1.807, 2.05) is 22.0 Å². The van der Waals surface area contributed by atoms with Crippen molar-refractivity contribution in [2.45, 2.75) is 37.9 Å². The fourth-order valence-electron chi connectivity index (χ4n) is 4.27. The SMILES string of the molecule is Fc1ccc2c(c1)CCC[C@@H]2Cn1cnc(-c2cc(-c3n[nH]nc3C(F)(F)F)ccn2)c1. The molecule has 3 aromatic heterocycles. The molecule has 0 saturated heterocycles. The Labute approximate surface area is 180 Å². The molecule has 1 N–H and O–H groups in total. The second kappa shape index (κ2) is 7.85. The minimum atomic E-state index is -4.62. The van der Waals surface area contributed by atoms with Gasteiger partial charge in [-0.2, -0.15) is 28.6 Å². The maximum absolute atomic E-state index is 13.6. The van der Waals surface area contributed by atoms with Crippen molar-refractivity contribution in [1.82, 2.24) is 29.9 Å². The first kappa shape index (κ1) is 20.3. The van der Waals surface area contributed by atoms with Gasteiger partial charge in [0.05, 0.1) is 12.0 Å². The Morgan fingerprint density at radius 2 is 1.94 bits per heavy atom. The van der Waals surface area contributed by atoms with Crippen LogP contribution in [0.15, 0.2) is 49.1 Å². The molecule has 4 aromatic rings. The van der Waals surface area contributed by atoms with Gasteiger partial charge in [0.2, 0.25) is 0 Å². The van der Waals surface area contributed by atoms with Gasteiger partial charge in [-0.25, -0.2) is 9.37 Å². The molecule has 3 heterocycles. The molecule has 0 amide bonds. The highest BCUT2D eigenvalue weighted by Gasteiger charge is 2.38. The van der Waals surface area contributed by atoms with Crippen LogP contribution in [-0.4, -0.2) is 29.9 Å². The van der Waals surface area contributed by atoms with E-state index in [9.17, 15) is 17.6 Å². The summed E-state index contributed by atoms with van der Waals surface area (Å²) in [5.41, 5.74) is 2.05. The predicted molar refractivity (Wildman–Crippen MR) is 108 cm³/mol. The Hall–Kier alpha value is -3.56. The molecule has 10 heteroatoms. The van der Waals surface area contributed by atoms with Crippen LogP contribution >= 0.6 is 0 Å². The summed E-state index contributed by atoms with van der Waals surface area (Å²) in [4.78, 5) is 8.65. The number of pyridine rings is 1. The molecule has 0 radical (unpaired) electrons. The van der Waals surface area contributed by atoms with E-state index >= 15 is 0 Å². The van der Waals surface area contributed by atoms with Crippen LogP contribution in [0.25, 0.3) is 22.6 Å². The Morgan fingerprint density at radius 3 is 2.78 bits per heavy atom. The number of benzene rings is 1. The molecule has 0 unspecified atom stereocenters. The van der Waals surface area contributed by atoms with Gasteiger partial charge in [0.25, 0.3) is 0 Å². The van der Waals surface area contributed by atoms with E-state index in [1.165, 1.54) is 24.4 Å². The van der Waals surface area contributed by atoms with Gasteiger partial charge in [-0.15, -0.1) is 0 Å². The van der Waals surface area contributed by atoms with E-state index < -0.39 is 11.9 Å². The standard InChI is InChI=1S/C22H18F4N6/c23-16-4-5-17-13(8-16)2-1-3-15(17)10-32-11-19(28-12-32)18-9-14(6-7-27-18)20-21(22(24,25)26)30-31-29-20/h4-9,11-12,15H,1-3,10H2,(H,29,30,31)/t15-/m1/s1. The smallest absolute Gasteiger partial charge is 0.336 e. The molecule has 5 rings (SSSR count). The number of hydrogen-bond acceptors (Lipinski definition) is 4. The zero-order valence-corrected chi connectivity index (χ0v) is 16.8. The summed E-state index contributed by atoms with van der Waals surface area (Å²) in [5, 5.41) is 8.94. The molecule has 0 spiro atoms. The molecular weight excluding hydrogens is 424 g/mol. The van der Waals surface area contributed by atoms with Crippen molar-refractivity contribution in [3.05, 3.63) is 71.7 Å². The van der Waals surface area contributed by atoms with Crippen molar-refractivity contribution >= 4 is 0 Å². The summed E-state index contributed by atoms with van der Waals surface area (Å²) in [5.74, 6) is 0.0197. The molecule has 6 nitrogen and oxygen atoms in total. The van der Waals surface area contributed by atoms with Crippen molar-refractivity contribution in [2.24, 2.45) is 0 Å². The van der Waals surface area contributed by atoms with Gasteiger partial charge in [-0.05, 0) is 54.7 Å². The maximum Gasteiger partial charge on any atom is 0.437 e. The molecule has 1 aromatic carbocycles. The fraction of sp³-hybridized carbons (Fsp3) is 0.273. The van der Waals surface area contributed by atoms with Gasteiger partial charge in [-0.3, -0.25) is 4.98 Å². The Bertz CT molecular complexity index is 1260. The van der Waals surface area contributed by atoms with E-state index in [-0.39, 0.29) is 23.0 Å². The first-order chi connectivity index (χ1) is 15.4. The minimum Gasteiger partial charge on any atom is -0.336 e. The lowest BCUT2D eigenvalue weighted by Crippen LogP contribution is -2.15. The Morgan fingerprint density at radius 1 is 1.06 bits per heavy atom. The van der Waals surface area contributed by atoms with Gasteiger partial charge in [0.1, 0.15) is 17.2 Å². The average molecular weight is 442 g/mol. The van der Waals surface area contributed by atoms with Crippen LogP contribution in [0.5, 0.6) is 0 Å². The fourth-order valence-corrected chi connectivity index (χ4v) is 4.27. The highest BCUT2D eigenvalue weighted by molar-refractivity contribution is 5.67. The summed E-state index contributed by atoms with van der Waals surface area (Å²) in [6, 6.07) is 7.91. The molecule has 1 aliphatic rings. The number of aromatic amines is 1. The van der Waals surface area contributed by atoms with Crippen LogP contribution in [0.1, 0.15) is 35.6 Å². The molecule has 0 fully saturated rings. The minimum absolute atomic E-state index is 0.221. The zero-order valence-electron chi connectivity index (χ0n) is 16.8. The molecule has 1 aliphatic carbocycles. The zero-order chi connectivity index (χ0) is 22.3. The highest BCUT2D eigenvalue weighted by Crippen LogP contribution is 2.35. The number of hydrogen-bond donors (Lipinski definition) is 1. The molecule has 164 valence electrons. The number of aryl methyl sites for hydroxylation is 1. The molecule has 0 aliphatic heterocycles. The number of H-pyrrole nitrogens is 1. The van der Waals surface area contributed by atoms with Gasteiger partial charge in [0, 0.05) is 30.4 Å². The summed E-state index contributed by atoms with van der Waals surface area (Å²) in [7, 11) is 0. The van der Waals surface area contributed by atoms with Crippen LogP contribution in [-0.2, 0) is 19.1 Å². The van der Waals surface area contributed by atoms with Crippen LogP contribution < -0.4 is 0 Å². The summed E-state index contributed by atoms with van der Waals surface area (Å²) in [6.45, 7) is 0.673. The number of aromatic nitrogens is 6. The number of nitrogens with zero attached hydrogens (tertiary/aromatic N) is 5. The van der Waals surface area contributed by atoms with Crippen molar-refractivity contribution < 1.29 is 17.6 Å². The van der Waals surface area contributed by atoms with Crippen LogP contribution in [0, 0.1) is 5.82 Å². The van der Waals surface area contributed by atoms with Crippen LogP contribution in [0.3, 0.4) is 0 Å². The second-order valence-electron chi connectivity index (χ2n) is 7.84. The number of fused-ring (bicyclic) bond motifs is 1. The van der Waals surface area contributed by atoms with Gasteiger partial charge in [0.15, 0.2) is 5.69 Å². The number of nitrogens with one attached hydrogen (secondary N) is 1. The van der Waals surface area contributed by atoms with Gasteiger partial charge >= 0.3 is 6.18 Å². The summed E-state index contributed by atoms with van der Waals surface area (Å²) in [6.07, 6.45) is 3.16. The third-order valence-corrected chi connectivity index (χ3v) is 5.72. The van der Waals surface area contributed by atoms with Crippen LogP contribution in [0.4, 0.5) is 17.6 Å². The summed E-state index contributed by atoms with van der Waals surface area (Å²) < 4.78 is 55.0. The van der Waals surface area contributed by atoms with E-state index in [0.29, 0.717) is 17.9 Å². The van der Waals surface area contributed by atoms with E-state index in [2.05, 4.69) is 20.2 Å². The highest BCUT2D eigenvalue weighted by atomic mass is 19.4. The first-order valence-electron chi connectivity index (χ1n) is 10.1. The van der Waals surface area contributed by atoms with E-state index in [0.717, 1.165) is 30.4 Å². The maximum atomic E-state index is 13.6. The molecule has 32 heavy (non-hydrogen) atoms. The normalized spacial score (nSPS) is 16.2. The second-order valence-corrected chi connectivity index (χ2v) is 7.84. The van der Waals surface area contributed by atoms with Gasteiger partial charge < -0.3 is 4.57 Å². The van der Waals surface area contributed by atoms with Gasteiger partial charge in [-0.1, -0.05) is 6.07 Å². The van der Waals surface area contributed by atoms with Crippen molar-refractivity contribution in [1.29, 1.82) is 0 Å². The number of imidazole rings is 1. The molecule has 0 bridgehead atoms. The molecular formula is C22H18F4N6. The number of rotatable bonds is 4. The largest absolute Gasteiger partial charge is 0.437 e. The monoisotopic (exact) mass is 442 g/mol. The Balaban J connectivity index is 1.40. The lowest BCUT2D eigenvalue weighted by molar-refractivity contribution is -0.140. The van der Waals surface area contributed by atoms with Crippen molar-refractivity contribution in [2.75, 3.05) is 0 Å². The van der Waals surface area contributed by atoms with E-state index in [1.54, 1.807) is 12.4 Å². The molecule has 0 saturated carbocycles. The Kier molecular flexibility index (Phi) is 4.99. The first-order valence-corrected chi connectivity index (χ1v) is 10.1. The van der Waals surface area contributed by atoms with Crippen molar-refractivity contribution in [3.8, 4) is 22.6 Å². The quantitative estimate of drug-likeness (QED) is 0.451. The number of alkyl halides is 3. The predicted octanol–water partition coefficient (Wildman–Crippen LogP) is 5.01. The lowest BCUT2D eigenvalue weighted by atomic mass is 9.82. The lowest BCUT2D eigenvalue weighted by Gasteiger charge is -2.25. The topological polar surface area (TPSA) is 72.3 Å². The summed E-state index contributed by atoms with van der Waals surface area (Å²) >= 11 is 0. The third-order valence-electron chi connectivity index (χ3n) is 5.72. The average Bonchev–Trinajstić information content (AvgIpc) is 3.44. The third kappa shape index (κ3) is 3.88. The van der Waals surface area contributed by atoms with Crippen LogP contribution in [0.2, 0.25) is 0 Å². The van der Waals surface area contributed by atoms with E-state index in [4.69, 9.17) is 0 Å². The molecule has 1 atom stereocenters. The number of halogens is 4. The van der Waals surface area contributed by atoms with Crippen molar-refractivity contribution in [3.63, 3.8) is 0 Å².